The number of ether oxygens (including phenoxy) is 1. The van der Waals surface area contributed by atoms with Crippen LogP contribution in [-0.4, -0.2) is 21.4 Å². The zero-order chi connectivity index (χ0) is 17.8. The molecule has 0 N–H and O–H groups in total. The van der Waals surface area contributed by atoms with E-state index in [1.807, 2.05) is 20.1 Å². The van der Waals surface area contributed by atoms with Gasteiger partial charge in [-0.25, -0.2) is 4.98 Å². The lowest BCUT2D eigenvalue weighted by atomic mass is 9.95. The average molecular weight is 373 g/mol. The standard InChI is InChI=1S/C19H20N2O2S2/c1-11-5-7-12(8-6-11)21-17-15(20-18(21)24-4)16(22)13-9-19(2,3)23-10-14(13)25-17/h5-8H,9-10H2,1-4H3. The van der Waals surface area contributed by atoms with Crippen LogP contribution in [0.15, 0.2) is 34.2 Å². The summed E-state index contributed by atoms with van der Waals surface area (Å²) >= 11 is 3.19. The smallest absolute Gasteiger partial charge is 0.211 e. The molecule has 2 aromatic heterocycles. The van der Waals surface area contributed by atoms with Gasteiger partial charge < -0.3 is 4.74 Å². The Labute approximate surface area is 154 Å². The molecule has 0 aliphatic carbocycles. The zero-order valence-electron chi connectivity index (χ0n) is 14.8. The van der Waals surface area contributed by atoms with Crippen LogP contribution in [0.2, 0.25) is 0 Å². The number of imidazole rings is 1. The number of benzene rings is 1. The van der Waals surface area contributed by atoms with Gasteiger partial charge in [-0.05, 0) is 39.2 Å². The molecule has 3 aromatic rings. The highest BCUT2D eigenvalue weighted by atomic mass is 32.2. The van der Waals surface area contributed by atoms with Gasteiger partial charge in [0.05, 0.1) is 12.2 Å². The van der Waals surface area contributed by atoms with Crippen LogP contribution in [0, 0.1) is 6.92 Å². The third-order valence-corrected chi connectivity index (χ3v) is 6.34. The van der Waals surface area contributed by atoms with Gasteiger partial charge in [-0.15, -0.1) is 11.3 Å². The number of hydrogen-bond donors (Lipinski definition) is 0. The second kappa shape index (κ2) is 5.97. The van der Waals surface area contributed by atoms with Crippen LogP contribution in [0.3, 0.4) is 0 Å². The normalized spacial score (nSPS) is 16.2. The molecular formula is C19H20N2O2S2. The fraction of sp³-hybridized carbons (Fsp3) is 0.368. The molecule has 3 heterocycles. The molecule has 0 fully saturated rings. The van der Waals surface area contributed by atoms with E-state index >= 15 is 0 Å². The molecule has 130 valence electrons. The van der Waals surface area contributed by atoms with Gasteiger partial charge in [-0.2, -0.15) is 0 Å². The van der Waals surface area contributed by atoms with Crippen molar-refractivity contribution in [3.63, 3.8) is 0 Å². The van der Waals surface area contributed by atoms with E-state index in [2.05, 4.69) is 40.7 Å². The van der Waals surface area contributed by atoms with Crippen LogP contribution >= 0.6 is 23.1 Å². The summed E-state index contributed by atoms with van der Waals surface area (Å²) in [6.45, 7) is 6.62. The molecule has 1 aliphatic rings. The number of hydrogen-bond acceptors (Lipinski definition) is 5. The minimum atomic E-state index is -0.297. The minimum Gasteiger partial charge on any atom is -0.370 e. The number of aryl methyl sites for hydroxylation is 1. The Morgan fingerprint density at radius 3 is 2.68 bits per heavy atom. The maximum Gasteiger partial charge on any atom is 0.211 e. The third kappa shape index (κ3) is 2.82. The first-order valence-electron chi connectivity index (χ1n) is 8.22. The lowest BCUT2D eigenvalue weighted by molar-refractivity contribution is -0.0386. The van der Waals surface area contributed by atoms with Crippen LogP contribution in [-0.2, 0) is 17.8 Å². The fourth-order valence-electron chi connectivity index (χ4n) is 3.17. The van der Waals surface area contributed by atoms with Crippen molar-refractivity contribution in [1.29, 1.82) is 0 Å². The zero-order valence-corrected chi connectivity index (χ0v) is 16.4. The molecule has 4 nitrogen and oxygen atoms in total. The van der Waals surface area contributed by atoms with E-state index in [9.17, 15) is 4.79 Å². The fourth-order valence-corrected chi connectivity index (χ4v) is 4.94. The summed E-state index contributed by atoms with van der Waals surface area (Å²) in [4.78, 5) is 19.7. The van der Waals surface area contributed by atoms with E-state index in [0.717, 1.165) is 26.1 Å². The summed E-state index contributed by atoms with van der Waals surface area (Å²) in [6.07, 6.45) is 2.63. The highest BCUT2D eigenvalue weighted by Gasteiger charge is 2.30. The Hall–Kier alpha value is -1.63. The third-order valence-electron chi connectivity index (χ3n) is 4.52. The molecular weight excluding hydrogens is 352 g/mol. The van der Waals surface area contributed by atoms with E-state index in [4.69, 9.17) is 4.74 Å². The summed E-state index contributed by atoms with van der Waals surface area (Å²) in [6, 6.07) is 8.31. The molecule has 0 saturated carbocycles. The van der Waals surface area contributed by atoms with Crippen LogP contribution in [0.1, 0.15) is 29.9 Å². The van der Waals surface area contributed by atoms with Gasteiger partial charge in [-0.1, -0.05) is 29.5 Å². The van der Waals surface area contributed by atoms with Crippen molar-refractivity contribution in [2.75, 3.05) is 6.26 Å². The first-order chi connectivity index (χ1) is 11.9. The lowest BCUT2D eigenvalue weighted by Gasteiger charge is -2.30. The maximum atomic E-state index is 13.1. The number of aromatic nitrogens is 2. The van der Waals surface area contributed by atoms with Gasteiger partial charge in [0, 0.05) is 22.5 Å². The van der Waals surface area contributed by atoms with Crippen molar-refractivity contribution in [2.24, 2.45) is 0 Å². The number of nitrogens with zero attached hydrogens (tertiary/aromatic N) is 2. The van der Waals surface area contributed by atoms with Crippen molar-refractivity contribution in [2.45, 2.75) is 44.6 Å². The van der Waals surface area contributed by atoms with Gasteiger partial charge in [0.15, 0.2) is 5.16 Å². The van der Waals surface area contributed by atoms with Crippen LogP contribution in [0.5, 0.6) is 0 Å². The monoisotopic (exact) mass is 372 g/mol. The first kappa shape index (κ1) is 16.8. The molecule has 0 radical (unpaired) electrons. The summed E-state index contributed by atoms with van der Waals surface area (Å²) < 4.78 is 8.02. The van der Waals surface area contributed by atoms with Crippen molar-refractivity contribution in [3.05, 3.63) is 50.5 Å². The van der Waals surface area contributed by atoms with Gasteiger partial charge in [0.2, 0.25) is 5.43 Å². The molecule has 0 amide bonds. The molecule has 0 unspecified atom stereocenters. The van der Waals surface area contributed by atoms with Crippen molar-refractivity contribution < 1.29 is 4.74 Å². The Bertz CT molecular complexity index is 1020. The van der Waals surface area contributed by atoms with E-state index in [-0.39, 0.29) is 11.0 Å². The summed E-state index contributed by atoms with van der Waals surface area (Å²) in [5, 5.41) is 0.842. The summed E-state index contributed by atoms with van der Waals surface area (Å²) in [5.74, 6) is 0. The lowest BCUT2D eigenvalue weighted by Crippen LogP contribution is -2.34. The predicted octanol–water partition coefficient (Wildman–Crippen LogP) is 4.33. The molecule has 0 saturated heterocycles. The van der Waals surface area contributed by atoms with Gasteiger partial charge in [-0.3, -0.25) is 9.36 Å². The van der Waals surface area contributed by atoms with E-state index in [1.54, 1.807) is 23.1 Å². The molecule has 1 aromatic carbocycles. The van der Waals surface area contributed by atoms with Gasteiger partial charge >= 0.3 is 0 Å². The van der Waals surface area contributed by atoms with Crippen LogP contribution in [0.25, 0.3) is 16.0 Å². The van der Waals surface area contributed by atoms with Crippen molar-refractivity contribution in [3.8, 4) is 5.69 Å². The van der Waals surface area contributed by atoms with E-state index in [0.29, 0.717) is 18.5 Å². The summed E-state index contributed by atoms with van der Waals surface area (Å²) in [7, 11) is 0. The van der Waals surface area contributed by atoms with E-state index < -0.39 is 0 Å². The number of thioether (sulfide) groups is 1. The quantitative estimate of drug-likeness (QED) is 0.628. The number of fused-ring (bicyclic) bond motifs is 2. The number of rotatable bonds is 2. The Morgan fingerprint density at radius 1 is 1.28 bits per heavy atom. The van der Waals surface area contributed by atoms with Gasteiger partial charge in [0.1, 0.15) is 10.3 Å². The first-order valence-corrected chi connectivity index (χ1v) is 10.3. The largest absolute Gasteiger partial charge is 0.370 e. The van der Waals surface area contributed by atoms with Crippen LogP contribution in [0.4, 0.5) is 0 Å². The SMILES string of the molecule is CSc1nc2c(=O)c3c(sc2n1-c1ccc(C)cc1)COC(C)(C)C3. The molecule has 0 spiro atoms. The molecule has 0 atom stereocenters. The summed E-state index contributed by atoms with van der Waals surface area (Å²) in [5.41, 5.74) is 3.45. The molecule has 25 heavy (non-hydrogen) atoms. The van der Waals surface area contributed by atoms with Gasteiger partial charge in [0.25, 0.3) is 0 Å². The molecule has 1 aliphatic heterocycles. The van der Waals surface area contributed by atoms with Crippen molar-refractivity contribution >= 4 is 33.4 Å². The minimum absolute atomic E-state index is 0.0567. The molecule has 6 heteroatoms. The predicted molar refractivity (Wildman–Crippen MR) is 104 cm³/mol. The second-order valence-electron chi connectivity index (χ2n) is 6.98. The van der Waals surface area contributed by atoms with Crippen molar-refractivity contribution in [1.82, 2.24) is 9.55 Å². The Morgan fingerprint density at radius 2 is 2.00 bits per heavy atom. The molecule has 4 rings (SSSR count). The Balaban J connectivity index is 2.00. The van der Waals surface area contributed by atoms with E-state index in [1.165, 1.54) is 5.56 Å². The second-order valence-corrected chi connectivity index (χ2v) is 8.84. The van der Waals surface area contributed by atoms with Crippen LogP contribution < -0.4 is 5.43 Å². The molecule has 0 bridgehead atoms. The topological polar surface area (TPSA) is 44.1 Å². The highest BCUT2D eigenvalue weighted by molar-refractivity contribution is 7.98. The Kier molecular flexibility index (Phi) is 4.02. The maximum absolute atomic E-state index is 13.1. The average Bonchev–Trinajstić information content (AvgIpc) is 2.95. The highest BCUT2D eigenvalue weighted by Crippen LogP contribution is 2.34.